The summed E-state index contributed by atoms with van der Waals surface area (Å²) in [5.74, 6) is -0.984. The van der Waals surface area contributed by atoms with Crippen LogP contribution in [0.25, 0.3) is 0 Å². The molecule has 0 saturated heterocycles. The Morgan fingerprint density at radius 1 is 0.767 bits per heavy atom. The number of aromatic carboxylic acids is 1. The average molecular weight is 590 g/mol. The first-order chi connectivity index (χ1) is 20.9. The molecule has 0 spiro atoms. The number of hydrogen-bond acceptors (Lipinski definition) is 6. The number of aryl methyl sites for hydroxylation is 1. The van der Waals surface area contributed by atoms with Gasteiger partial charge in [0.2, 0.25) is 0 Å². The van der Waals surface area contributed by atoms with Gasteiger partial charge in [0.05, 0.1) is 36.9 Å². The summed E-state index contributed by atoms with van der Waals surface area (Å²) in [6.07, 6.45) is 5.56. The van der Waals surface area contributed by atoms with Gasteiger partial charge in [-0.05, 0) is 93.0 Å². The monoisotopic (exact) mass is 589 g/mol. The molecule has 1 saturated carbocycles. The third-order valence-corrected chi connectivity index (χ3v) is 7.44. The van der Waals surface area contributed by atoms with Gasteiger partial charge in [0.15, 0.2) is 0 Å². The molecule has 4 rings (SSSR count). The number of carboxylic acid groups (broad SMARTS) is 2. The lowest BCUT2D eigenvalue weighted by molar-refractivity contribution is -0.143. The van der Waals surface area contributed by atoms with E-state index < -0.39 is 23.8 Å². The normalized spacial score (nSPS) is 16.2. The van der Waals surface area contributed by atoms with Crippen LogP contribution in [-0.4, -0.2) is 53.9 Å². The number of aliphatic carboxylic acids is 1. The average Bonchev–Trinajstić information content (AvgIpc) is 3.02. The minimum atomic E-state index is -1.14. The highest BCUT2D eigenvalue weighted by Gasteiger charge is 2.29. The van der Waals surface area contributed by atoms with Crippen molar-refractivity contribution < 1.29 is 38.8 Å². The second-order valence-corrected chi connectivity index (χ2v) is 10.7. The number of nitrogens with one attached hydrogen (secondary N) is 1. The SMILES string of the molecule is O=C(O)c1ccc(OCCCc2ccc(OCCCCOc3ccccc3)cc2)c(C(=O)N[C@H]2CCC[C@H](C(=O)O)C2)c1. The minimum Gasteiger partial charge on any atom is -0.494 e. The molecule has 0 radical (unpaired) electrons. The first-order valence-electron chi connectivity index (χ1n) is 14.8. The Morgan fingerprint density at radius 2 is 1.44 bits per heavy atom. The Hall–Kier alpha value is -4.53. The van der Waals surface area contributed by atoms with E-state index in [4.69, 9.17) is 14.2 Å². The van der Waals surface area contributed by atoms with E-state index in [1.165, 1.54) is 18.2 Å². The smallest absolute Gasteiger partial charge is 0.335 e. The lowest BCUT2D eigenvalue weighted by Crippen LogP contribution is -2.40. The van der Waals surface area contributed by atoms with Crippen molar-refractivity contribution in [2.45, 2.75) is 57.4 Å². The van der Waals surface area contributed by atoms with Crippen LogP contribution in [0.2, 0.25) is 0 Å². The van der Waals surface area contributed by atoms with Crippen molar-refractivity contribution in [3.05, 3.63) is 89.5 Å². The molecule has 228 valence electrons. The molecule has 9 nitrogen and oxygen atoms in total. The zero-order valence-electron chi connectivity index (χ0n) is 24.2. The van der Waals surface area contributed by atoms with Crippen molar-refractivity contribution in [2.75, 3.05) is 19.8 Å². The highest BCUT2D eigenvalue weighted by Crippen LogP contribution is 2.26. The van der Waals surface area contributed by atoms with Gasteiger partial charge in [-0.3, -0.25) is 9.59 Å². The van der Waals surface area contributed by atoms with Crippen molar-refractivity contribution >= 4 is 17.8 Å². The quantitative estimate of drug-likeness (QED) is 0.173. The van der Waals surface area contributed by atoms with E-state index in [0.29, 0.717) is 57.7 Å². The lowest BCUT2D eigenvalue weighted by Gasteiger charge is -2.27. The Labute approximate surface area is 251 Å². The van der Waals surface area contributed by atoms with Crippen molar-refractivity contribution in [1.29, 1.82) is 0 Å². The molecule has 1 aliphatic carbocycles. The van der Waals surface area contributed by atoms with Gasteiger partial charge < -0.3 is 29.7 Å². The Morgan fingerprint density at radius 3 is 2.12 bits per heavy atom. The number of carbonyl (C=O) groups is 3. The Balaban J connectivity index is 1.20. The van der Waals surface area contributed by atoms with Crippen molar-refractivity contribution in [3.63, 3.8) is 0 Å². The maximum Gasteiger partial charge on any atom is 0.335 e. The molecule has 9 heteroatoms. The zero-order valence-corrected chi connectivity index (χ0v) is 24.2. The molecule has 1 fully saturated rings. The van der Waals surface area contributed by atoms with Crippen LogP contribution < -0.4 is 19.5 Å². The summed E-state index contributed by atoms with van der Waals surface area (Å²) in [7, 11) is 0. The third-order valence-electron chi connectivity index (χ3n) is 7.44. The fraction of sp³-hybridized carbons (Fsp3) is 0.382. The highest BCUT2D eigenvalue weighted by atomic mass is 16.5. The number of benzene rings is 3. The number of ether oxygens (including phenoxy) is 3. The van der Waals surface area contributed by atoms with Gasteiger partial charge in [0, 0.05) is 6.04 Å². The number of para-hydroxylation sites is 1. The summed E-state index contributed by atoms with van der Waals surface area (Å²) in [5.41, 5.74) is 1.23. The predicted molar refractivity (Wildman–Crippen MR) is 161 cm³/mol. The van der Waals surface area contributed by atoms with Crippen LogP contribution in [0.15, 0.2) is 72.8 Å². The van der Waals surface area contributed by atoms with E-state index >= 15 is 0 Å². The highest BCUT2D eigenvalue weighted by molar-refractivity contribution is 6.00. The number of rotatable bonds is 16. The molecule has 0 unspecified atom stereocenters. The minimum absolute atomic E-state index is 0.0209. The van der Waals surface area contributed by atoms with E-state index in [0.717, 1.165) is 36.3 Å². The number of carbonyl (C=O) groups excluding carboxylic acids is 1. The predicted octanol–water partition coefficient (Wildman–Crippen LogP) is 6.01. The van der Waals surface area contributed by atoms with Crippen molar-refractivity contribution in [2.24, 2.45) is 5.92 Å². The van der Waals surface area contributed by atoms with Crippen LogP contribution in [0.1, 0.15) is 71.2 Å². The molecule has 0 bridgehead atoms. The number of hydrogen-bond donors (Lipinski definition) is 3. The van der Waals surface area contributed by atoms with Gasteiger partial charge in [-0.1, -0.05) is 36.8 Å². The first kappa shape index (κ1) is 31.4. The fourth-order valence-electron chi connectivity index (χ4n) is 5.09. The second-order valence-electron chi connectivity index (χ2n) is 10.7. The summed E-state index contributed by atoms with van der Waals surface area (Å²) >= 11 is 0. The van der Waals surface area contributed by atoms with Gasteiger partial charge >= 0.3 is 11.9 Å². The third kappa shape index (κ3) is 10.1. The zero-order chi connectivity index (χ0) is 30.4. The molecule has 43 heavy (non-hydrogen) atoms. The Kier molecular flexibility index (Phi) is 11.8. The number of carboxylic acids is 2. The molecular formula is C34H39NO8. The standard InChI is InChI=1S/C34H39NO8/c36-32(35-27-10-6-9-25(22-27)33(37)38)30-23-26(34(39)40)15-18-31(30)43-21-7-8-24-13-16-29(17-14-24)42-20-5-4-19-41-28-11-2-1-3-12-28/h1-3,11-18,23,25,27H,4-10,19-22H2,(H,35,36)(H,37,38)(H,39,40)/t25-,27-/m0/s1. The maximum absolute atomic E-state index is 13.1. The van der Waals surface area contributed by atoms with E-state index in [9.17, 15) is 24.6 Å². The van der Waals surface area contributed by atoms with E-state index in [1.807, 2.05) is 54.6 Å². The van der Waals surface area contributed by atoms with E-state index in [-0.39, 0.29) is 17.2 Å². The largest absolute Gasteiger partial charge is 0.494 e. The van der Waals surface area contributed by atoms with Crippen molar-refractivity contribution in [1.82, 2.24) is 5.32 Å². The van der Waals surface area contributed by atoms with Crippen LogP contribution in [0, 0.1) is 5.92 Å². The molecule has 2 atom stereocenters. The summed E-state index contributed by atoms with van der Waals surface area (Å²) in [4.78, 5) is 36.0. The molecule has 0 heterocycles. The summed E-state index contributed by atoms with van der Waals surface area (Å²) < 4.78 is 17.5. The first-order valence-corrected chi connectivity index (χ1v) is 14.8. The molecule has 3 aromatic carbocycles. The van der Waals surface area contributed by atoms with Crippen LogP contribution >= 0.6 is 0 Å². The van der Waals surface area contributed by atoms with Crippen LogP contribution in [-0.2, 0) is 11.2 Å². The van der Waals surface area contributed by atoms with Crippen LogP contribution in [0.3, 0.4) is 0 Å². The molecule has 3 aromatic rings. The molecule has 0 aromatic heterocycles. The number of unbranched alkanes of at least 4 members (excludes halogenated alkanes) is 1. The van der Waals surface area contributed by atoms with Gasteiger partial charge in [0.25, 0.3) is 5.91 Å². The second kappa shape index (κ2) is 16.2. The van der Waals surface area contributed by atoms with Gasteiger partial charge in [-0.2, -0.15) is 0 Å². The summed E-state index contributed by atoms with van der Waals surface area (Å²) in [6, 6.07) is 21.6. The van der Waals surface area contributed by atoms with Gasteiger partial charge in [-0.25, -0.2) is 4.79 Å². The van der Waals surface area contributed by atoms with Crippen LogP contribution in [0.4, 0.5) is 0 Å². The topological polar surface area (TPSA) is 131 Å². The van der Waals surface area contributed by atoms with E-state index in [2.05, 4.69) is 5.32 Å². The molecule has 1 amide bonds. The Bertz CT molecular complexity index is 1340. The maximum atomic E-state index is 13.1. The van der Waals surface area contributed by atoms with E-state index in [1.54, 1.807) is 0 Å². The lowest BCUT2D eigenvalue weighted by atomic mass is 9.85. The fourth-order valence-corrected chi connectivity index (χ4v) is 5.09. The molecule has 0 aliphatic heterocycles. The van der Waals surface area contributed by atoms with Crippen molar-refractivity contribution in [3.8, 4) is 17.2 Å². The molecule has 3 N–H and O–H groups in total. The van der Waals surface area contributed by atoms with Gasteiger partial charge in [-0.15, -0.1) is 0 Å². The van der Waals surface area contributed by atoms with Gasteiger partial charge in [0.1, 0.15) is 17.2 Å². The number of amides is 1. The summed E-state index contributed by atoms with van der Waals surface area (Å²) in [6.45, 7) is 1.60. The summed E-state index contributed by atoms with van der Waals surface area (Å²) in [5, 5.41) is 21.7. The molecular weight excluding hydrogens is 550 g/mol. The van der Waals surface area contributed by atoms with Crippen LogP contribution in [0.5, 0.6) is 17.2 Å². The molecule has 1 aliphatic rings.